The highest BCUT2D eigenvalue weighted by Crippen LogP contribution is 2.48. The number of hydrogen-bond donors (Lipinski definition) is 1. The van der Waals surface area contributed by atoms with Crippen LogP contribution in [0.3, 0.4) is 0 Å². The van der Waals surface area contributed by atoms with Gasteiger partial charge in [0.05, 0.1) is 16.7 Å². The number of aromatic nitrogens is 1. The van der Waals surface area contributed by atoms with Crippen molar-refractivity contribution >= 4 is 44.0 Å². The summed E-state index contributed by atoms with van der Waals surface area (Å²) >= 11 is 0. The molecule has 1 aromatic heterocycles. The van der Waals surface area contributed by atoms with Gasteiger partial charge in [0.1, 0.15) is 0 Å². The molecule has 2 heteroatoms. The fraction of sp³-hybridized carbons (Fsp3) is 0. The zero-order valence-corrected chi connectivity index (χ0v) is 16.3. The number of fused-ring (bicyclic) bond motifs is 6. The summed E-state index contributed by atoms with van der Waals surface area (Å²) in [5.74, 6) is 0. The molecule has 0 bridgehead atoms. The summed E-state index contributed by atoms with van der Waals surface area (Å²) in [6.45, 7) is 0. The Labute approximate surface area is 174 Å². The first kappa shape index (κ1) is 15.8. The summed E-state index contributed by atoms with van der Waals surface area (Å²) in [7, 11) is 0. The van der Waals surface area contributed by atoms with Gasteiger partial charge in [-0.25, -0.2) is 0 Å². The molecule has 1 aliphatic heterocycles. The van der Waals surface area contributed by atoms with Gasteiger partial charge in [0, 0.05) is 33.1 Å². The number of nitrogens with one attached hydrogen (secondary N) is 1. The topological polar surface area (TPSA) is 17.0 Å². The first-order valence-electron chi connectivity index (χ1n) is 10.3. The highest BCUT2D eigenvalue weighted by Gasteiger charge is 2.23. The molecule has 0 atom stereocenters. The monoisotopic (exact) mass is 382 g/mol. The van der Waals surface area contributed by atoms with Crippen LogP contribution < -0.4 is 5.32 Å². The van der Waals surface area contributed by atoms with Crippen LogP contribution in [0.4, 0.5) is 11.4 Å². The second-order valence-electron chi connectivity index (χ2n) is 7.91. The maximum absolute atomic E-state index is 3.80. The van der Waals surface area contributed by atoms with Crippen molar-refractivity contribution in [2.24, 2.45) is 0 Å². The third-order valence-corrected chi connectivity index (χ3v) is 6.31. The summed E-state index contributed by atoms with van der Waals surface area (Å²) in [6.07, 6.45) is 0. The van der Waals surface area contributed by atoms with Crippen LogP contribution in [0.25, 0.3) is 49.4 Å². The lowest BCUT2D eigenvalue weighted by atomic mass is 9.91. The Hall–Kier alpha value is -4.04. The maximum Gasteiger partial charge on any atom is 0.0783 e. The second kappa shape index (κ2) is 5.74. The highest BCUT2D eigenvalue weighted by molar-refractivity contribution is 6.20. The lowest BCUT2D eigenvalue weighted by Gasteiger charge is -2.24. The summed E-state index contributed by atoms with van der Waals surface area (Å²) in [5.41, 5.74) is 8.54. The van der Waals surface area contributed by atoms with Gasteiger partial charge in [-0.2, -0.15) is 0 Å². The van der Waals surface area contributed by atoms with Crippen molar-refractivity contribution in [2.75, 3.05) is 5.32 Å². The quantitative estimate of drug-likeness (QED) is 0.308. The van der Waals surface area contributed by atoms with Crippen molar-refractivity contribution in [2.45, 2.75) is 0 Å². The third-order valence-electron chi connectivity index (χ3n) is 6.31. The molecule has 0 fully saturated rings. The highest BCUT2D eigenvalue weighted by atomic mass is 15.0. The standard InChI is InChI=1S/C28H18N2/c1-2-10-19(11-3-1)30-25-15-5-4-12-20(25)23-17-16-22-21-13-6-8-18-9-7-14-24(26(18)21)29-27(22)28(23)30/h1-17,29H. The van der Waals surface area contributed by atoms with Crippen LogP contribution >= 0.6 is 0 Å². The SMILES string of the molecule is c1ccc(-n2c3ccccc3c3ccc4c(c32)Nc2cccc3cccc-4c23)cc1. The molecule has 5 aromatic carbocycles. The first-order valence-corrected chi connectivity index (χ1v) is 10.3. The largest absolute Gasteiger partial charge is 0.353 e. The van der Waals surface area contributed by atoms with Crippen molar-refractivity contribution in [1.82, 2.24) is 4.57 Å². The van der Waals surface area contributed by atoms with Crippen molar-refractivity contribution in [3.05, 3.63) is 103 Å². The third kappa shape index (κ3) is 1.98. The normalized spacial score (nSPS) is 12.3. The Morgan fingerprint density at radius 3 is 2.27 bits per heavy atom. The van der Waals surface area contributed by atoms with E-state index in [1.165, 1.54) is 60.8 Å². The molecular weight excluding hydrogens is 364 g/mol. The van der Waals surface area contributed by atoms with Crippen LogP contribution in [0.2, 0.25) is 0 Å². The molecule has 140 valence electrons. The molecule has 2 heterocycles. The van der Waals surface area contributed by atoms with E-state index in [1.807, 2.05) is 0 Å². The van der Waals surface area contributed by atoms with E-state index in [2.05, 4.69) is 113 Å². The zero-order chi connectivity index (χ0) is 19.7. The van der Waals surface area contributed by atoms with Gasteiger partial charge >= 0.3 is 0 Å². The molecule has 1 aliphatic rings. The molecule has 30 heavy (non-hydrogen) atoms. The molecule has 0 unspecified atom stereocenters. The number of benzene rings is 5. The molecule has 7 rings (SSSR count). The van der Waals surface area contributed by atoms with Crippen molar-refractivity contribution in [3.8, 4) is 16.8 Å². The lowest BCUT2D eigenvalue weighted by molar-refractivity contribution is 1.18. The van der Waals surface area contributed by atoms with E-state index in [1.54, 1.807) is 0 Å². The van der Waals surface area contributed by atoms with E-state index < -0.39 is 0 Å². The van der Waals surface area contributed by atoms with Crippen LogP contribution in [-0.2, 0) is 0 Å². The predicted molar refractivity (Wildman–Crippen MR) is 127 cm³/mol. The molecule has 0 spiro atoms. The van der Waals surface area contributed by atoms with E-state index in [-0.39, 0.29) is 0 Å². The van der Waals surface area contributed by atoms with E-state index in [0.717, 1.165) is 0 Å². The minimum atomic E-state index is 1.17. The number of rotatable bonds is 1. The van der Waals surface area contributed by atoms with Gasteiger partial charge in [-0.05, 0) is 35.2 Å². The molecule has 0 radical (unpaired) electrons. The molecule has 0 aliphatic carbocycles. The van der Waals surface area contributed by atoms with E-state index in [0.29, 0.717) is 0 Å². The Bertz CT molecular complexity index is 1600. The van der Waals surface area contributed by atoms with Gasteiger partial charge < -0.3 is 9.88 Å². The van der Waals surface area contributed by atoms with Gasteiger partial charge in [-0.3, -0.25) is 0 Å². The van der Waals surface area contributed by atoms with Crippen LogP contribution in [0, 0.1) is 0 Å². The average molecular weight is 382 g/mol. The summed E-state index contributed by atoms with van der Waals surface area (Å²) in [5, 5.41) is 8.92. The number of nitrogens with zero attached hydrogens (tertiary/aromatic N) is 1. The number of para-hydroxylation sites is 2. The Balaban J connectivity index is 1.69. The van der Waals surface area contributed by atoms with Gasteiger partial charge in [0.15, 0.2) is 0 Å². The Morgan fingerprint density at radius 2 is 1.37 bits per heavy atom. The van der Waals surface area contributed by atoms with Crippen molar-refractivity contribution < 1.29 is 0 Å². The maximum atomic E-state index is 3.80. The summed E-state index contributed by atoms with van der Waals surface area (Å²) < 4.78 is 2.39. The van der Waals surface area contributed by atoms with Crippen LogP contribution in [-0.4, -0.2) is 4.57 Å². The van der Waals surface area contributed by atoms with Crippen LogP contribution in [0.5, 0.6) is 0 Å². The molecule has 1 N–H and O–H groups in total. The molecular formula is C28H18N2. The van der Waals surface area contributed by atoms with Crippen molar-refractivity contribution in [1.29, 1.82) is 0 Å². The zero-order valence-electron chi connectivity index (χ0n) is 16.3. The number of anilines is 2. The fourth-order valence-electron chi connectivity index (χ4n) is 5.06. The predicted octanol–water partition coefficient (Wildman–Crippen LogP) is 7.66. The Kier molecular flexibility index (Phi) is 3.03. The van der Waals surface area contributed by atoms with Crippen LogP contribution in [0.1, 0.15) is 0 Å². The Morgan fingerprint density at radius 1 is 0.567 bits per heavy atom. The van der Waals surface area contributed by atoms with Gasteiger partial charge in [-0.15, -0.1) is 0 Å². The first-order chi connectivity index (χ1) is 14.9. The van der Waals surface area contributed by atoms with E-state index >= 15 is 0 Å². The molecule has 6 aromatic rings. The molecule has 0 saturated carbocycles. The summed E-state index contributed by atoms with van der Waals surface area (Å²) in [4.78, 5) is 0. The molecule has 2 nitrogen and oxygen atoms in total. The number of hydrogen-bond acceptors (Lipinski definition) is 1. The minimum absolute atomic E-state index is 1.17. The summed E-state index contributed by atoms with van der Waals surface area (Å²) in [6, 6.07) is 37.0. The lowest BCUT2D eigenvalue weighted by Crippen LogP contribution is -2.04. The van der Waals surface area contributed by atoms with Gasteiger partial charge in [0.25, 0.3) is 0 Å². The smallest absolute Gasteiger partial charge is 0.0783 e. The molecule has 0 amide bonds. The second-order valence-corrected chi connectivity index (χ2v) is 7.91. The minimum Gasteiger partial charge on any atom is -0.353 e. The van der Waals surface area contributed by atoms with Crippen molar-refractivity contribution in [3.63, 3.8) is 0 Å². The van der Waals surface area contributed by atoms with E-state index in [4.69, 9.17) is 0 Å². The van der Waals surface area contributed by atoms with Gasteiger partial charge in [-0.1, -0.05) is 78.9 Å². The van der Waals surface area contributed by atoms with Crippen LogP contribution in [0.15, 0.2) is 103 Å². The average Bonchev–Trinajstić information content (AvgIpc) is 3.15. The van der Waals surface area contributed by atoms with Gasteiger partial charge in [0.2, 0.25) is 0 Å². The fourth-order valence-corrected chi connectivity index (χ4v) is 5.06. The molecule has 0 saturated heterocycles. The van der Waals surface area contributed by atoms with E-state index in [9.17, 15) is 0 Å².